The lowest BCUT2D eigenvalue weighted by molar-refractivity contribution is 0.395. The third kappa shape index (κ3) is 3.55. The predicted octanol–water partition coefficient (Wildman–Crippen LogP) is 4.79. The van der Waals surface area contributed by atoms with E-state index in [-0.39, 0.29) is 0 Å². The summed E-state index contributed by atoms with van der Waals surface area (Å²) in [6.07, 6.45) is 0. The van der Waals surface area contributed by atoms with E-state index in [2.05, 4.69) is 27.3 Å². The Kier molecular flexibility index (Phi) is 4.96. The number of halogens is 2. The lowest BCUT2D eigenvalue weighted by Gasteiger charge is -2.13. The maximum absolute atomic E-state index is 6.12. The number of ether oxygens (including phenoxy) is 2. The van der Waals surface area contributed by atoms with Crippen molar-refractivity contribution in [3.8, 4) is 11.5 Å². The minimum atomic E-state index is 0.554. The van der Waals surface area contributed by atoms with Gasteiger partial charge in [0.05, 0.1) is 28.7 Å². The zero-order valence-corrected chi connectivity index (χ0v) is 13.7. The van der Waals surface area contributed by atoms with Gasteiger partial charge in [0.15, 0.2) is 0 Å². The molecular formula is C13H13BrClNO2S. The van der Waals surface area contributed by atoms with E-state index in [1.807, 2.05) is 12.1 Å². The zero-order chi connectivity index (χ0) is 13.8. The minimum Gasteiger partial charge on any atom is -0.495 e. The van der Waals surface area contributed by atoms with Gasteiger partial charge in [-0.25, -0.2) is 0 Å². The molecule has 1 heterocycles. The smallest absolute Gasteiger partial charge is 0.145 e. The Labute approximate surface area is 129 Å². The fourth-order valence-electron chi connectivity index (χ4n) is 1.63. The van der Waals surface area contributed by atoms with Crippen LogP contribution in [0.25, 0.3) is 0 Å². The van der Waals surface area contributed by atoms with Crippen LogP contribution in [0.4, 0.5) is 5.69 Å². The molecule has 1 aromatic heterocycles. The molecule has 0 bridgehead atoms. The van der Waals surface area contributed by atoms with E-state index in [0.29, 0.717) is 16.5 Å². The second kappa shape index (κ2) is 6.50. The standard InChI is InChI=1S/C13H13BrClNO2S/c1-17-11-6-12(18-2)10(5-9(11)15)16-7-8-3-4-13(14)19-8/h3-6,16H,7H2,1-2H3. The van der Waals surface area contributed by atoms with Gasteiger partial charge in [0.25, 0.3) is 0 Å². The largest absolute Gasteiger partial charge is 0.495 e. The lowest BCUT2D eigenvalue weighted by atomic mass is 10.2. The summed E-state index contributed by atoms with van der Waals surface area (Å²) in [4.78, 5) is 1.22. The van der Waals surface area contributed by atoms with Crippen molar-refractivity contribution in [3.63, 3.8) is 0 Å². The van der Waals surface area contributed by atoms with E-state index < -0.39 is 0 Å². The average Bonchev–Trinajstić information content (AvgIpc) is 2.82. The quantitative estimate of drug-likeness (QED) is 0.829. The van der Waals surface area contributed by atoms with E-state index in [1.54, 1.807) is 31.6 Å². The van der Waals surface area contributed by atoms with Crippen molar-refractivity contribution in [1.82, 2.24) is 0 Å². The molecule has 102 valence electrons. The fraction of sp³-hybridized carbons (Fsp3) is 0.231. The van der Waals surface area contributed by atoms with Crippen LogP contribution >= 0.6 is 38.9 Å². The van der Waals surface area contributed by atoms with Crippen molar-refractivity contribution >= 4 is 44.6 Å². The summed E-state index contributed by atoms with van der Waals surface area (Å²) in [5, 5.41) is 3.86. The molecule has 6 heteroatoms. The highest BCUT2D eigenvalue weighted by molar-refractivity contribution is 9.11. The first-order chi connectivity index (χ1) is 9.13. The van der Waals surface area contributed by atoms with Gasteiger partial charge in [-0.05, 0) is 34.1 Å². The first kappa shape index (κ1) is 14.5. The molecule has 19 heavy (non-hydrogen) atoms. The highest BCUT2D eigenvalue weighted by atomic mass is 79.9. The van der Waals surface area contributed by atoms with Crippen LogP contribution in [0.1, 0.15) is 4.88 Å². The van der Waals surface area contributed by atoms with Crippen LogP contribution in [-0.4, -0.2) is 14.2 Å². The van der Waals surface area contributed by atoms with Crippen LogP contribution in [0, 0.1) is 0 Å². The van der Waals surface area contributed by atoms with Gasteiger partial charge in [-0.1, -0.05) is 11.6 Å². The first-order valence-electron chi connectivity index (χ1n) is 5.53. The molecule has 2 aromatic rings. The Morgan fingerprint density at radius 1 is 1.21 bits per heavy atom. The normalized spacial score (nSPS) is 10.3. The molecule has 0 unspecified atom stereocenters. The number of nitrogens with one attached hydrogen (secondary N) is 1. The molecule has 0 saturated heterocycles. The van der Waals surface area contributed by atoms with Gasteiger partial charge in [0.1, 0.15) is 11.5 Å². The van der Waals surface area contributed by atoms with Gasteiger partial charge in [-0.3, -0.25) is 0 Å². The second-order valence-electron chi connectivity index (χ2n) is 3.75. The van der Waals surface area contributed by atoms with Crippen molar-refractivity contribution in [3.05, 3.63) is 38.0 Å². The number of hydrogen-bond donors (Lipinski definition) is 1. The molecule has 0 fully saturated rings. The average molecular weight is 363 g/mol. The molecule has 2 rings (SSSR count). The number of anilines is 1. The summed E-state index contributed by atoms with van der Waals surface area (Å²) >= 11 is 11.3. The monoisotopic (exact) mass is 361 g/mol. The summed E-state index contributed by atoms with van der Waals surface area (Å²) in [6.45, 7) is 0.718. The maximum atomic E-state index is 6.12. The topological polar surface area (TPSA) is 30.5 Å². The van der Waals surface area contributed by atoms with Crippen molar-refractivity contribution in [1.29, 1.82) is 0 Å². The maximum Gasteiger partial charge on any atom is 0.145 e. The van der Waals surface area contributed by atoms with Gasteiger partial charge in [0.2, 0.25) is 0 Å². The summed E-state index contributed by atoms with van der Waals surface area (Å²) in [7, 11) is 3.20. The van der Waals surface area contributed by atoms with Crippen LogP contribution < -0.4 is 14.8 Å². The molecule has 0 radical (unpaired) electrons. The molecular weight excluding hydrogens is 350 g/mol. The lowest BCUT2D eigenvalue weighted by Crippen LogP contribution is -2.00. The third-order valence-corrected chi connectivity index (χ3v) is 4.47. The Morgan fingerprint density at radius 3 is 2.53 bits per heavy atom. The number of rotatable bonds is 5. The van der Waals surface area contributed by atoms with E-state index in [4.69, 9.17) is 21.1 Å². The number of benzene rings is 1. The summed E-state index contributed by atoms with van der Waals surface area (Å²) in [6, 6.07) is 7.68. The van der Waals surface area contributed by atoms with Crippen molar-refractivity contribution in [2.45, 2.75) is 6.54 Å². The van der Waals surface area contributed by atoms with Crippen molar-refractivity contribution < 1.29 is 9.47 Å². The summed E-state index contributed by atoms with van der Waals surface area (Å²) < 4.78 is 11.6. The van der Waals surface area contributed by atoms with Gasteiger partial charge in [0, 0.05) is 17.5 Å². The molecule has 0 aliphatic carbocycles. The second-order valence-corrected chi connectivity index (χ2v) is 6.70. The molecule has 0 atom stereocenters. The molecule has 0 aliphatic heterocycles. The Hall–Kier alpha value is -0.910. The zero-order valence-electron chi connectivity index (χ0n) is 10.5. The van der Waals surface area contributed by atoms with Crippen LogP contribution in [-0.2, 0) is 6.54 Å². The van der Waals surface area contributed by atoms with Gasteiger partial charge >= 0.3 is 0 Å². The van der Waals surface area contributed by atoms with E-state index in [9.17, 15) is 0 Å². The van der Waals surface area contributed by atoms with Crippen molar-refractivity contribution in [2.75, 3.05) is 19.5 Å². The van der Waals surface area contributed by atoms with Gasteiger partial charge in [-0.15, -0.1) is 11.3 Å². The van der Waals surface area contributed by atoms with E-state index >= 15 is 0 Å². The first-order valence-corrected chi connectivity index (χ1v) is 7.52. The molecule has 1 N–H and O–H groups in total. The molecule has 1 aromatic carbocycles. The highest BCUT2D eigenvalue weighted by Gasteiger charge is 2.10. The third-order valence-electron chi connectivity index (χ3n) is 2.56. The van der Waals surface area contributed by atoms with E-state index in [0.717, 1.165) is 16.0 Å². The molecule has 0 spiro atoms. The predicted molar refractivity (Wildman–Crippen MR) is 83.9 cm³/mol. The number of hydrogen-bond acceptors (Lipinski definition) is 4. The van der Waals surface area contributed by atoms with E-state index in [1.165, 1.54) is 4.88 Å². The van der Waals surface area contributed by atoms with Crippen LogP contribution in [0.2, 0.25) is 5.02 Å². The van der Waals surface area contributed by atoms with Gasteiger partial charge in [-0.2, -0.15) is 0 Å². The molecule has 3 nitrogen and oxygen atoms in total. The SMILES string of the molecule is COc1cc(OC)c(NCc2ccc(Br)s2)cc1Cl. The molecule has 0 amide bonds. The highest BCUT2D eigenvalue weighted by Crippen LogP contribution is 2.36. The fourth-order valence-corrected chi connectivity index (χ4v) is 3.29. The Morgan fingerprint density at radius 2 is 1.95 bits per heavy atom. The summed E-state index contributed by atoms with van der Waals surface area (Å²) in [5.41, 5.74) is 0.845. The van der Waals surface area contributed by atoms with Crippen LogP contribution in [0.5, 0.6) is 11.5 Å². The minimum absolute atomic E-state index is 0.554. The molecule has 0 saturated carbocycles. The number of thiophene rings is 1. The van der Waals surface area contributed by atoms with Crippen LogP contribution in [0.15, 0.2) is 28.1 Å². The van der Waals surface area contributed by atoms with Gasteiger partial charge < -0.3 is 14.8 Å². The Bertz CT molecular complexity index is 574. The summed E-state index contributed by atoms with van der Waals surface area (Å²) in [5.74, 6) is 1.31. The number of methoxy groups -OCH3 is 2. The Balaban J connectivity index is 2.17. The van der Waals surface area contributed by atoms with Crippen LogP contribution in [0.3, 0.4) is 0 Å². The molecule has 0 aliphatic rings. The van der Waals surface area contributed by atoms with Crippen molar-refractivity contribution in [2.24, 2.45) is 0 Å².